The van der Waals surface area contributed by atoms with E-state index < -0.39 is 56.9 Å². The van der Waals surface area contributed by atoms with Gasteiger partial charge in [-0.05, 0) is 28.1 Å². The van der Waals surface area contributed by atoms with Gasteiger partial charge in [-0.15, -0.1) is 0 Å². The summed E-state index contributed by atoms with van der Waals surface area (Å²) in [5.41, 5.74) is -3.61. The summed E-state index contributed by atoms with van der Waals surface area (Å²) in [5.74, 6) is -2.71. The number of carboxylic acid groups (broad SMARTS) is 1. The summed E-state index contributed by atoms with van der Waals surface area (Å²) < 4.78 is 74.1. The highest BCUT2D eigenvalue weighted by Gasteiger charge is 2.39. The number of aryl methyl sites for hydroxylation is 1. The fraction of sp³-hybridized carbons (Fsp3) is 0.167. The monoisotopic (exact) mass is 403 g/mol. The van der Waals surface area contributed by atoms with E-state index in [2.05, 4.69) is 21.0 Å². The van der Waals surface area contributed by atoms with Crippen LogP contribution in [0.4, 0.5) is 17.6 Å². The molecule has 0 fully saturated rings. The second kappa shape index (κ2) is 5.54. The molecule has 0 bridgehead atoms. The number of carbonyl (C=O) groups is 1. The minimum absolute atomic E-state index is 0.277. The van der Waals surface area contributed by atoms with Crippen molar-refractivity contribution in [1.82, 2.24) is 9.78 Å². The largest absolute Gasteiger partial charge is 0.478 e. The molecule has 0 unspecified atom stereocenters. The minimum Gasteiger partial charge on any atom is -0.478 e. The van der Waals surface area contributed by atoms with Crippen LogP contribution >= 0.6 is 27.5 Å². The Labute approximate surface area is 138 Å². The Bertz CT molecular complexity index is 868. The molecule has 1 aromatic heterocycles. The van der Waals surface area contributed by atoms with E-state index >= 15 is 0 Å². The van der Waals surface area contributed by atoms with Crippen LogP contribution in [-0.4, -0.2) is 20.9 Å². The van der Waals surface area contributed by atoms with Gasteiger partial charge in [-0.25, -0.2) is 9.18 Å². The van der Waals surface area contributed by atoms with Crippen LogP contribution in [0.5, 0.6) is 0 Å². The van der Waals surface area contributed by atoms with Crippen molar-refractivity contribution in [2.75, 3.05) is 0 Å². The summed E-state index contributed by atoms with van der Waals surface area (Å²) in [7, 11) is 0. The first-order valence-electron chi connectivity index (χ1n) is 6.84. The molecule has 0 aliphatic carbocycles. The van der Waals surface area contributed by atoms with Gasteiger partial charge < -0.3 is 5.11 Å². The molecule has 0 saturated heterocycles. The Kier molecular flexibility index (Phi) is 3.25. The molecule has 0 aliphatic rings. The Morgan fingerprint density at radius 2 is 2.14 bits per heavy atom. The molecule has 10 heteroatoms. The molecule has 0 spiro atoms. The van der Waals surface area contributed by atoms with Crippen LogP contribution in [0.25, 0.3) is 11.3 Å². The van der Waals surface area contributed by atoms with Crippen LogP contribution in [0.15, 0.2) is 16.6 Å². The van der Waals surface area contributed by atoms with Crippen LogP contribution in [0, 0.1) is 5.82 Å². The van der Waals surface area contributed by atoms with Crippen molar-refractivity contribution in [2.24, 2.45) is 6.98 Å². The number of nitrogens with zero attached hydrogens (tertiary/aromatic N) is 2. The molecule has 0 radical (unpaired) electrons. The van der Waals surface area contributed by atoms with Crippen LogP contribution in [0.2, 0.25) is 5.02 Å². The average Bonchev–Trinajstić information content (AvgIpc) is 2.76. The maximum absolute atomic E-state index is 14.1. The molecular weight excluding hydrogens is 395 g/mol. The number of aromatic carboxylic acids is 1. The van der Waals surface area contributed by atoms with Gasteiger partial charge in [0.1, 0.15) is 11.5 Å². The van der Waals surface area contributed by atoms with E-state index in [9.17, 15) is 22.4 Å². The molecule has 0 atom stereocenters. The highest BCUT2D eigenvalue weighted by Crippen LogP contribution is 2.41. The fourth-order valence-electron chi connectivity index (χ4n) is 1.71. The quantitative estimate of drug-likeness (QED) is 0.757. The van der Waals surface area contributed by atoms with E-state index in [1.54, 1.807) is 0 Å². The topological polar surface area (TPSA) is 55.1 Å². The van der Waals surface area contributed by atoms with E-state index in [4.69, 9.17) is 20.8 Å². The van der Waals surface area contributed by atoms with Crippen molar-refractivity contribution >= 4 is 33.5 Å². The lowest BCUT2D eigenvalue weighted by Gasteiger charge is -2.07. The Morgan fingerprint density at radius 3 is 2.59 bits per heavy atom. The summed E-state index contributed by atoms with van der Waals surface area (Å²) in [6, 6.07) is 1.27. The molecule has 0 amide bonds. The van der Waals surface area contributed by atoms with Crippen molar-refractivity contribution < 1.29 is 31.6 Å². The number of halogens is 6. The summed E-state index contributed by atoms with van der Waals surface area (Å²) in [6.07, 6.45) is -5.11. The highest BCUT2D eigenvalue weighted by molar-refractivity contribution is 9.10. The van der Waals surface area contributed by atoms with Crippen molar-refractivity contribution in [1.29, 1.82) is 0 Å². The smallest absolute Gasteiger partial charge is 0.434 e. The third-order valence-corrected chi connectivity index (χ3v) is 3.70. The maximum atomic E-state index is 14.1. The lowest BCUT2D eigenvalue weighted by atomic mass is 10.1. The van der Waals surface area contributed by atoms with Gasteiger partial charge in [-0.3, -0.25) is 4.68 Å². The van der Waals surface area contributed by atoms with Gasteiger partial charge in [0.15, 0.2) is 5.69 Å². The standard InChI is InChI=1S/C12H6BrClF4N2O2/c1-20-10(12(16,17)18)8(13)9(19-20)5-2-4(11(21)22)6(14)3-7(5)15/h2-3H,1H3,(H,21,22)/i1D3. The van der Waals surface area contributed by atoms with E-state index in [0.717, 1.165) is 0 Å². The van der Waals surface area contributed by atoms with E-state index in [1.807, 2.05) is 0 Å². The second-order valence-corrected chi connectivity index (χ2v) is 5.24. The van der Waals surface area contributed by atoms with Crippen molar-refractivity contribution in [3.8, 4) is 11.3 Å². The zero-order valence-electron chi connectivity index (χ0n) is 13.2. The maximum Gasteiger partial charge on any atom is 0.434 e. The summed E-state index contributed by atoms with van der Waals surface area (Å²) in [4.78, 5) is 11.1. The highest BCUT2D eigenvalue weighted by atomic mass is 79.9. The normalized spacial score (nSPS) is 14.4. The number of carboxylic acids is 1. The number of hydrogen-bond donors (Lipinski definition) is 1. The molecule has 22 heavy (non-hydrogen) atoms. The molecule has 4 nitrogen and oxygen atoms in total. The third-order valence-electron chi connectivity index (χ3n) is 2.64. The number of rotatable bonds is 2. The molecule has 1 aromatic carbocycles. The van der Waals surface area contributed by atoms with Gasteiger partial charge >= 0.3 is 12.1 Å². The van der Waals surface area contributed by atoms with Crippen molar-refractivity contribution in [3.63, 3.8) is 0 Å². The molecule has 1 N–H and O–H groups in total. The zero-order valence-corrected chi connectivity index (χ0v) is 12.5. The zero-order chi connectivity index (χ0) is 19.3. The molecule has 0 saturated carbocycles. The molecule has 0 aliphatic heterocycles. The molecule has 118 valence electrons. The Hall–Kier alpha value is -1.61. The molecular formula is C12H6BrClF4N2O2. The average molecular weight is 405 g/mol. The lowest BCUT2D eigenvalue weighted by Crippen LogP contribution is -2.12. The molecule has 2 rings (SSSR count). The second-order valence-electron chi connectivity index (χ2n) is 4.04. The predicted octanol–water partition coefficient (Wildman–Crippen LogP) is 4.36. The third kappa shape index (κ3) is 2.82. The first kappa shape index (κ1) is 12.9. The van der Waals surface area contributed by atoms with Gasteiger partial charge in [0.05, 0.1) is 15.1 Å². The molecule has 1 heterocycles. The van der Waals surface area contributed by atoms with Gasteiger partial charge in [0.25, 0.3) is 0 Å². The van der Waals surface area contributed by atoms with Gasteiger partial charge in [0.2, 0.25) is 0 Å². The van der Waals surface area contributed by atoms with Crippen LogP contribution in [0.3, 0.4) is 0 Å². The first-order chi connectivity index (χ1) is 11.2. The van der Waals surface area contributed by atoms with Crippen LogP contribution in [-0.2, 0) is 13.2 Å². The number of benzene rings is 1. The van der Waals surface area contributed by atoms with Gasteiger partial charge in [-0.1, -0.05) is 11.6 Å². The summed E-state index contributed by atoms with van der Waals surface area (Å²) >= 11 is 8.16. The summed E-state index contributed by atoms with van der Waals surface area (Å²) in [5, 5.41) is 11.8. The summed E-state index contributed by atoms with van der Waals surface area (Å²) in [6.45, 7) is -3.30. The fourth-order valence-corrected chi connectivity index (χ4v) is 2.63. The first-order valence-corrected chi connectivity index (χ1v) is 6.51. The van der Waals surface area contributed by atoms with E-state index in [1.165, 1.54) is 0 Å². The van der Waals surface area contributed by atoms with E-state index in [-0.39, 0.29) is 4.68 Å². The van der Waals surface area contributed by atoms with Crippen LogP contribution < -0.4 is 0 Å². The Balaban J connectivity index is 2.84. The van der Waals surface area contributed by atoms with Crippen molar-refractivity contribution in [3.05, 3.63) is 38.7 Å². The van der Waals surface area contributed by atoms with Gasteiger partial charge in [0, 0.05) is 16.7 Å². The predicted molar refractivity (Wildman–Crippen MR) is 73.3 cm³/mol. The van der Waals surface area contributed by atoms with E-state index in [0.29, 0.717) is 12.1 Å². The number of hydrogen-bond acceptors (Lipinski definition) is 2. The number of alkyl halides is 3. The Morgan fingerprint density at radius 1 is 1.50 bits per heavy atom. The lowest BCUT2D eigenvalue weighted by molar-refractivity contribution is -0.144. The van der Waals surface area contributed by atoms with Crippen LogP contribution in [0.1, 0.15) is 20.2 Å². The van der Waals surface area contributed by atoms with Gasteiger partial charge in [-0.2, -0.15) is 18.3 Å². The van der Waals surface area contributed by atoms with Crippen molar-refractivity contribution in [2.45, 2.75) is 6.18 Å². The SMILES string of the molecule is [2H]C([2H])([2H])n1nc(-c2cc(C(=O)O)c(Cl)cc2F)c(Br)c1C(F)(F)F. The minimum atomic E-state index is -5.11. The number of aromatic nitrogens is 2. The molecule has 2 aromatic rings.